The number of amides is 1. The molecule has 1 unspecified atom stereocenters. The summed E-state index contributed by atoms with van der Waals surface area (Å²) in [5, 5.41) is 27.1. The molecular formula is C14H22N4O4. The fraction of sp³-hybridized carbons (Fsp3) is 0.714. The molecule has 1 aliphatic carbocycles. The second-order valence-electron chi connectivity index (χ2n) is 6.32. The number of nitro groups is 1. The maximum absolute atomic E-state index is 12.2. The maximum atomic E-state index is 12.2. The summed E-state index contributed by atoms with van der Waals surface area (Å²) in [6.45, 7) is 4.01. The Kier molecular flexibility index (Phi) is 4.80. The molecule has 8 heteroatoms. The lowest BCUT2D eigenvalue weighted by Gasteiger charge is -2.48. The van der Waals surface area contributed by atoms with Gasteiger partial charge in [0.15, 0.2) is 0 Å². The van der Waals surface area contributed by atoms with Gasteiger partial charge < -0.3 is 10.4 Å². The number of aliphatic hydroxyl groups excluding tert-OH is 1. The van der Waals surface area contributed by atoms with Gasteiger partial charge in [-0.1, -0.05) is 20.3 Å². The highest BCUT2D eigenvalue weighted by molar-refractivity contribution is 5.76. The minimum atomic E-state index is -0.548. The molecular weight excluding hydrogens is 288 g/mol. The summed E-state index contributed by atoms with van der Waals surface area (Å²) in [6, 6.07) is -0.107. The van der Waals surface area contributed by atoms with Gasteiger partial charge in [-0.3, -0.25) is 19.6 Å². The molecule has 2 N–H and O–H groups in total. The van der Waals surface area contributed by atoms with E-state index < -0.39 is 4.92 Å². The van der Waals surface area contributed by atoms with Crippen LogP contribution in [0, 0.1) is 21.4 Å². The molecule has 0 bridgehead atoms. The molecule has 1 aromatic rings. The lowest BCUT2D eigenvalue weighted by Crippen LogP contribution is -2.56. The van der Waals surface area contributed by atoms with E-state index in [1.807, 2.05) is 13.8 Å². The number of aromatic nitrogens is 2. The summed E-state index contributed by atoms with van der Waals surface area (Å²) in [7, 11) is 0. The van der Waals surface area contributed by atoms with Gasteiger partial charge >= 0.3 is 5.69 Å². The predicted molar refractivity (Wildman–Crippen MR) is 79.0 cm³/mol. The zero-order valence-corrected chi connectivity index (χ0v) is 12.9. The summed E-state index contributed by atoms with van der Waals surface area (Å²) in [4.78, 5) is 22.2. The van der Waals surface area contributed by atoms with E-state index in [0.29, 0.717) is 0 Å². The van der Waals surface area contributed by atoms with Crippen molar-refractivity contribution in [1.82, 2.24) is 15.1 Å². The second kappa shape index (κ2) is 6.43. The first kappa shape index (κ1) is 16.4. The van der Waals surface area contributed by atoms with Crippen molar-refractivity contribution in [3.05, 3.63) is 22.5 Å². The van der Waals surface area contributed by atoms with Crippen LogP contribution in [0.3, 0.4) is 0 Å². The number of hydrogen-bond donors (Lipinski definition) is 2. The second-order valence-corrected chi connectivity index (χ2v) is 6.32. The number of hydrogen-bond acceptors (Lipinski definition) is 5. The van der Waals surface area contributed by atoms with Gasteiger partial charge in [0, 0.05) is 11.5 Å². The summed E-state index contributed by atoms with van der Waals surface area (Å²) >= 11 is 0. The molecule has 1 heterocycles. The fourth-order valence-corrected chi connectivity index (χ4v) is 3.12. The van der Waals surface area contributed by atoms with Gasteiger partial charge in [-0.2, -0.15) is 5.10 Å². The van der Waals surface area contributed by atoms with Crippen LogP contribution in [0.5, 0.6) is 0 Å². The fourth-order valence-electron chi connectivity index (χ4n) is 3.12. The van der Waals surface area contributed by atoms with Gasteiger partial charge in [-0.05, 0) is 18.8 Å². The zero-order valence-electron chi connectivity index (χ0n) is 12.9. The van der Waals surface area contributed by atoms with Crippen LogP contribution in [-0.4, -0.2) is 38.4 Å². The average Bonchev–Trinajstić information content (AvgIpc) is 2.85. The number of aliphatic hydroxyl groups is 1. The molecule has 1 aromatic heterocycles. The molecule has 1 fully saturated rings. The normalized spacial score (nSPS) is 17.8. The smallest absolute Gasteiger partial charge is 0.307 e. The van der Waals surface area contributed by atoms with E-state index in [2.05, 4.69) is 10.4 Å². The van der Waals surface area contributed by atoms with Crippen molar-refractivity contribution in [2.45, 2.75) is 45.7 Å². The van der Waals surface area contributed by atoms with E-state index in [9.17, 15) is 20.0 Å². The minimum absolute atomic E-state index is 0.0589. The minimum Gasteiger partial charge on any atom is -0.396 e. The van der Waals surface area contributed by atoms with Gasteiger partial charge in [-0.15, -0.1) is 0 Å². The van der Waals surface area contributed by atoms with Crippen LogP contribution in [0.4, 0.5) is 5.69 Å². The van der Waals surface area contributed by atoms with Crippen LogP contribution in [-0.2, 0) is 11.3 Å². The van der Waals surface area contributed by atoms with Crippen molar-refractivity contribution in [2.24, 2.45) is 11.3 Å². The molecule has 2 rings (SSSR count). The highest BCUT2D eigenvalue weighted by Crippen LogP contribution is 2.45. The lowest BCUT2D eigenvalue weighted by molar-refractivity contribution is -0.385. The van der Waals surface area contributed by atoms with E-state index in [1.165, 1.54) is 10.9 Å². The molecule has 122 valence electrons. The molecule has 0 aliphatic heterocycles. The molecule has 8 nitrogen and oxygen atoms in total. The van der Waals surface area contributed by atoms with E-state index >= 15 is 0 Å². The van der Waals surface area contributed by atoms with E-state index in [4.69, 9.17) is 0 Å². The summed E-state index contributed by atoms with van der Waals surface area (Å²) in [5.74, 6) is -0.0558. The number of rotatable bonds is 7. The average molecular weight is 310 g/mol. The van der Waals surface area contributed by atoms with Gasteiger partial charge in [0.2, 0.25) is 5.91 Å². The first-order chi connectivity index (χ1) is 10.4. The Morgan fingerprint density at radius 2 is 2.27 bits per heavy atom. The number of carbonyl (C=O) groups excluding carboxylic acids is 1. The van der Waals surface area contributed by atoms with Crippen molar-refractivity contribution in [3.8, 4) is 0 Å². The maximum Gasteiger partial charge on any atom is 0.307 e. The molecule has 0 spiro atoms. The standard InChI is InChI=1S/C14H22N4O4/c1-10(2)13(14(9-19)4-3-5-14)16-12(20)8-17-7-11(6-15-17)18(21)22/h6-7,10,13,19H,3-5,8-9H2,1-2H3,(H,16,20). The largest absolute Gasteiger partial charge is 0.396 e. The Bertz CT molecular complexity index is 545. The lowest BCUT2D eigenvalue weighted by atomic mass is 9.62. The van der Waals surface area contributed by atoms with E-state index in [0.717, 1.165) is 25.5 Å². The van der Waals surface area contributed by atoms with Crippen LogP contribution >= 0.6 is 0 Å². The Labute approximate surface area is 128 Å². The highest BCUT2D eigenvalue weighted by atomic mass is 16.6. The summed E-state index contributed by atoms with van der Waals surface area (Å²) < 4.78 is 1.25. The number of nitrogens with zero attached hydrogens (tertiary/aromatic N) is 3. The monoisotopic (exact) mass is 310 g/mol. The Morgan fingerprint density at radius 1 is 1.59 bits per heavy atom. The molecule has 1 amide bonds. The highest BCUT2D eigenvalue weighted by Gasteiger charge is 2.45. The number of carbonyl (C=O) groups is 1. The van der Waals surface area contributed by atoms with Gasteiger partial charge in [0.1, 0.15) is 18.9 Å². The Balaban J connectivity index is 2.00. The van der Waals surface area contributed by atoms with Crippen LogP contribution in [0.1, 0.15) is 33.1 Å². The first-order valence-corrected chi connectivity index (χ1v) is 7.45. The quantitative estimate of drug-likeness (QED) is 0.578. The van der Waals surface area contributed by atoms with Crippen molar-refractivity contribution in [1.29, 1.82) is 0 Å². The van der Waals surface area contributed by atoms with Crippen LogP contribution in [0.15, 0.2) is 12.4 Å². The summed E-state index contributed by atoms with van der Waals surface area (Å²) in [6.07, 6.45) is 5.22. The van der Waals surface area contributed by atoms with Crippen molar-refractivity contribution in [2.75, 3.05) is 6.61 Å². The molecule has 0 saturated heterocycles. The Hall–Kier alpha value is -1.96. The Morgan fingerprint density at radius 3 is 2.68 bits per heavy atom. The first-order valence-electron chi connectivity index (χ1n) is 7.45. The zero-order chi connectivity index (χ0) is 16.3. The van der Waals surface area contributed by atoms with Crippen LogP contribution < -0.4 is 5.32 Å². The molecule has 1 saturated carbocycles. The SMILES string of the molecule is CC(C)C(NC(=O)Cn1cc([N+](=O)[O-])cn1)C1(CO)CCC1. The van der Waals surface area contributed by atoms with Crippen molar-refractivity contribution in [3.63, 3.8) is 0 Å². The van der Waals surface area contributed by atoms with Gasteiger partial charge in [0.25, 0.3) is 0 Å². The van der Waals surface area contributed by atoms with E-state index in [1.54, 1.807) is 0 Å². The third-order valence-electron chi connectivity index (χ3n) is 4.44. The molecule has 1 atom stereocenters. The molecule has 0 radical (unpaired) electrons. The predicted octanol–water partition coefficient (Wildman–Crippen LogP) is 1.09. The van der Waals surface area contributed by atoms with Gasteiger partial charge in [0.05, 0.1) is 11.5 Å². The van der Waals surface area contributed by atoms with Crippen molar-refractivity contribution >= 4 is 11.6 Å². The third-order valence-corrected chi connectivity index (χ3v) is 4.44. The van der Waals surface area contributed by atoms with Gasteiger partial charge in [-0.25, -0.2) is 0 Å². The molecule has 1 aliphatic rings. The molecule has 0 aromatic carbocycles. The topological polar surface area (TPSA) is 110 Å². The summed E-state index contributed by atoms with van der Waals surface area (Å²) in [5.41, 5.74) is -0.376. The van der Waals surface area contributed by atoms with E-state index in [-0.39, 0.29) is 42.1 Å². The third kappa shape index (κ3) is 3.27. The number of nitrogens with one attached hydrogen (secondary N) is 1. The van der Waals surface area contributed by atoms with Crippen LogP contribution in [0.25, 0.3) is 0 Å². The van der Waals surface area contributed by atoms with Crippen molar-refractivity contribution < 1.29 is 14.8 Å². The molecule has 22 heavy (non-hydrogen) atoms. The van der Waals surface area contributed by atoms with Crippen LogP contribution in [0.2, 0.25) is 0 Å².